The van der Waals surface area contributed by atoms with Crippen molar-refractivity contribution in [3.8, 4) is 11.3 Å². The van der Waals surface area contributed by atoms with E-state index in [2.05, 4.69) is 10.2 Å². The van der Waals surface area contributed by atoms with Crippen molar-refractivity contribution in [1.82, 2.24) is 10.2 Å². The van der Waals surface area contributed by atoms with E-state index in [1.807, 2.05) is 12.1 Å². The van der Waals surface area contributed by atoms with E-state index in [1.54, 1.807) is 24.4 Å². The number of primary amides is 1. The molecule has 0 aliphatic carbocycles. The first-order valence-corrected chi connectivity index (χ1v) is 5.31. The van der Waals surface area contributed by atoms with Crippen LogP contribution in [0.2, 0.25) is 5.02 Å². The van der Waals surface area contributed by atoms with Crippen molar-refractivity contribution >= 4 is 23.6 Å². The summed E-state index contributed by atoms with van der Waals surface area (Å²) in [5.41, 5.74) is 7.60. The van der Waals surface area contributed by atoms with Gasteiger partial charge < -0.3 is 5.73 Å². The average molecular weight is 248 g/mol. The number of aromatic amines is 1. The Labute approximate surface area is 103 Å². The van der Waals surface area contributed by atoms with Crippen molar-refractivity contribution in [3.05, 3.63) is 47.1 Å². The second kappa shape index (κ2) is 4.84. The van der Waals surface area contributed by atoms with Crippen molar-refractivity contribution in [2.45, 2.75) is 0 Å². The monoisotopic (exact) mass is 247 g/mol. The van der Waals surface area contributed by atoms with Crippen LogP contribution in [-0.4, -0.2) is 16.1 Å². The molecule has 1 heterocycles. The lowest BCUT2D eigenvalue weighted by Gasteiger charge is -1.99. The molecule has 0 radical (unpaired) electrons. The predicted molar refractivity (Wildman–Crippen MR) is 67.3 cm³/mol. The molecule has 4 nitrogen and oxygen atoms in total. The molecule has 0 saturated heterocycles. The Morgan fingerprint density at radius 1 is 1.35 bits per heavy atom. The summed E-state index contributed by atoms with van der Waals surface area (Å²) in [6, 6.07) is 7.33. The van der Waals surface area contributed by atoms with Gasteiger partial charge in [-0.15, -0.1) is 0 Å². The highest BCUT2D eigenvalue weighted by Crippen LogP contribution is 2.23. The smallest absolute Gasteiger partial charge is 0.241 e. The van der Waals surface area contributed by atoms with Crippen LogP contribution in [0.5, 0.6) is 0 Å². The Kier molecular flexibility index (Phi) is 3.25. The lowest BCUT2D eigenvalue weighted by Crippen LogP contribution is -2.05. The van der Waals surface area contributed by atoms with Gasteiger partial charge in [-0.25, -0.2) is 0 Å². The summed E-state index contributed by atoms with van der Waals surface area (Å²) in [5.74, 6) is -0.492. The quantitative estimate of drug-likeness (QED) is 0.817. The number of hydrogen-bond acceptors (Lipinski definition) is 2. The fourth-order valence-electron chi connectivity index (χ4n) is 1.44. The maximum atomic E-state index is 10.7. The molecule has 1 aromatic heterocycles. The molecular formula is C12H10ClN3O. The van der Waals surface area contributed by atoms with Gasteiger partial charge >= 0.3 is 0 Å². The van der Waals surface area contributed by atoms with Gasteiger partial charge in [-0.1, -0.05) is 23.7 Å². The maximum Gasteiger partial charge on any atom is 0.241 e. The fraction of sp³-hybridized carbons (Fsp3) is 0. The highest BCUT2D eigenvalue weighted by molar-refractivity contribution is 6.30. The van der Waals surface area contributed by atoms with E-state index in [4.69, 9.17) is 17.3 Å². The van der Waals surface area contributed by atoms with E-state index >= 15 is 0 Å². The van der Waals surface area contributed by atoms with Crippen LogP contribution in [-0.2, 0) is 4.79 Å². The Morgan fingerprint density at radius 3 is 2.71 bits per heavy atom. The molecule has 2 rings (SSSR count). The number of rotatable bonds is 3. The summed E-state index contributed by atoms with van der Waals surface area (Å²) in [4.78, 5) is 10.7. The molecule has 0 aliphatic heterocycles. The lowest BCUT2D eigenvalue weighted by molar-refractivity contribution is -0.113. The second-order valence-corrected chi connectivity index (χ2v) is 3.88. The maximum absolute atomic E-state index is 10.7. The number of H-pyrrole nitrogens is 1. The molecule has 17 heavy (non-hydrogen) atoms. The summed E-state index contributed by atoms with van der Waals surface area (Å²) >= 11 is 5.81. The number of benzene rings is 1. The first kappa shape index (κ1) is 11.4. The molecule has 0 aliphatic rings. The number of nitrogens with two attached hydrogens (primary N) is 1. The minimum atomic E-state index is -0.492. The van der Waals surface area contributed by atoms with E-state index in [-0.39, 0.29) is 0 Å². The molecule has 1 aromatic carbocycles. The van der Waals surface area contributed by atoms with Crippen LogP contribution < -0.4 is 5.73 Å². The standard InChI is InChI=1S/C12H10ClN3O/c13-10-4-1-8(2-5-10)12-9(7-15-16-12)3-6-11(14)17/h1-7H,(H2,14,17)(H,15,16)/b6-3-. The van der Waals surface area contributed by atoms with E-state index in [0.29, 0.717) is 5.02 Å². The molecule has 1 amide bonds. The molecule has 3 N–H and O–H groups in total. The van der Waals surface area contributed by atoms with E-state index in [0.717, 1.165) is 16.8 Å². The van der Waals surface area contributed by atoms with E-state index < -0.39 is 5.91 Å². The third-order valence-corrected chi connectivity index (χ3v) is 2.48. The molecule has 0 spiro atoms. The molecule has 0 atom stereocenters. The first-order chi connectivity index (χ1) is 8.16. The van der Waals surface area contributed by atoms with Crippen LogP contribution in [0.25, 0.3) is 17.3 Å². The Bertz CT molecular complexity index is 557. The Morgan fingerprint density at radius 2 is 2.06 bits per heavy atom. The normalized spacial score (nSPS) is 10.9. The van der Waals surface area contributed by atoms with Crippen LogP contribution in [0.4, 0.5) is 0 Å². The largest absolute Gasteiger partial charge is 0.366 e. The number of hydrogen-bond donors (Lipinski definition) is 2. The van der Waals surface area contributed by atoms with Gasteiger partial charge in [0, 0.05) is 22.2 Å². The molecule has 86 valence electrons. The number of nitrogens with zero attached hydrogens (tertiary/aromatic N) is 1. The minimum Gasteiger partial charge on any atom is -0.366 e. The van der Waals surface area contributed by atoms with Crippen LogP contribution in [0.1, 0.15) is 5.56 Å². The van der Waals surface area contributed by atoms with Crippen LogP contribution in [0.3, 0.4) is 0 Å². The molecule has 0 fully saturated rings. The fourth-order valence-corrected chi connectivity index (χ4v) is 1.57. The Balaban J connectivity index is 2.36. The van der Waals surface area contributed by atoms with Crippen LogP contribution in [0.15, 0.2) is 36.5 Å². The minimum absolute atomic E-state index is 0.492. The molecule has 0 saturated carbocycles. The highest BCUT2D eigenvalue weighted by Gasteiger charge is 2.05. The van der Waals surface area contributed by atoms with Gasteiger partial charge in [0.2, 0.25) is 5.91 Å². The molecule has 2 aromatic rings. The van der Waals surface area contributed by atoms with Gasteiger partial charge in [0.25, 0.3) is 0 Å². The van der Waals surface area contributed by atoms with Crippen molar-refractivity contribution in [1.29, 1.82) is 0 Å². The number of aromatic nitrogens is 2. The Hall–Kier alpha value is -2.07. The van der Waals surface area contributed by atoms with Crippen molar-refractivity contribution in [2.24, 2.45) is 5.73 Å². The summed E-state index contributed by atoms with van der Waals surface area (Å²) in [5, 5.41) is 7.48. The van der Waals surface area contributed by atoms with E-state index in [9.17, 15) is 4.79 Å². The van der Waals surface area contributed by atoms with Gasteiger partial charge in [0.05, 0.1) is 11.9 Å². The highest BCUT2D eigenvalue weighted by atomic mass is 35.5. The SMILES string of the molecule is NC(=O)/C=C\c1cn[nH]c1-c1ccc(Cl)cc1. The van der Waals surface area contributed by atoms with E-state index in [1.165, 1.54) is 6.08 Å². The third kappa shape index (κ3) is 2.73. The zero-order valence-corrected chi connectivity index (χ0v) is 9.61. The number of amides is 1. The molecular weight excluding hydrogens is 238 g/mol. The predicted octanol–water partition coefficient (Wildman–Crippen LogP) is 2.23. The van der Waals surface area contributed by atoms with Gasteiger partial charge in [0.1, 0.15) is 0 Å². The summed E-state index contributed by atoms with van der Waals surface area (Å²) in [6.45, 7) is 0. The van der Waals surface area contributed by atoms with Gasteiger partial charge in [-0.3, -0.25) is 9.89 Å². The summed E-state index contributed by atoms with van der Waals surface area (Å²) < 4.78 is 0. The average Bonchev–Trinajstić information content (AvgIpc) is 2.75. The zero-order valence-electron chi connectivity index (χ0n) is 8.85. The van der Waals surface area contributed by atoms with Gasteiger partial charge in [-0.2, -0.15) is 5.10 Å². The van der Waals surface area contributed by atoms with Crippen LogP contribution >= 0.6 is 11.6 Å². The number of halogens is 1. The second-order valence-electron chi connectivity index (χ2n) is 3.44. The van der Waals surface area contributed by atoms with Crippen molar-refractivity contribution in [2.75, 3.05) is 0 Å². The van der Waals surface area contributed by atoms with Gasteiger partial charge in [0.15, 0.2) is 0 Å². The summed E-state index contributed by atoms with van der Waals surface area (Å²) in [7, 11) is 0. The number of nitrogens with one attached hydrogen (secondary N) is 1. The molecule has 0 unspecified atom stereocenters. The number of carbonyl (C=O) groups is 1. The third-order valence-electron chi connectivity index (χ3n) is 2.23. The zero-order chi connectivity index (χ0) is 12.3. The number of carbonyl (C=O) groups excluding carboxylic acids is 1. The molecule has 5 heteroatoms. The van der Waals surface area contributed by atoms with Crippen molar-refractivity contribution in [3.63, 3.8) is 0 Å². The summed E-state index contributed by atoms with van der Waals surface area (Å²) in [6.07, 6.45) is 4.55. The lowest BCUT2D eigenvalue weighted by atomic mass is 10.1. The molecule has 0 bridgehead atoms. The van der Waals surface area contributed by atoms with Gasteiger partial charge in [-0.05, 0) is 18.2 Å². The van der Waals surface area contributed by atoms with Crippen LogP contribution in [0, 0.1) is 0 Å². The first-order valence-electron chi connectivity index (χ1n) is 4.93. The topological polar surface area (TPSA) is 71.8 Å². The van der Waals surface area contributed by atoms with Crippen molar-refractivity contribution < 1.29 is 4.79 Å².